The van der Waals surface area contributed by atoms with Crippen molar-refractivity contribution >= 4 is 11.6 Å². The van der Waals surface area contributed by atoms with Crippen LogP contribution in [-0.2, 0) is 27.2 Å². The second-order valence-corrected chi connectivity index (χ2v) is 8.86. The molecule has 3 heteroatoms. The smallest absolute Gasteiger partial charge is 0.154 e. The van der Waals surface area contributed by atoms with Gasteiger partial charge in [-0.3, -0.25) is 9.59 Å². The molecule has 3 fully saturated rings. The predicted octanol–water partition coefficient (Wildman–Crippen LogP) is 4.82. The van der Waals surface area contributed by atoms with Crippen molar-refractivity contribution in [3.05, 3.63) is 58.7 Å². The Hall–Kier alpha value is -2.26. The molecule has 1 aliphatic carbocycles. The molecular formula is C26H28O3. The lowest BCUT2D eigenvalue weighted by Crippen LogP contribution is -2.29. The number of fused-ring (bicyclic) bond motifs is 5. The maximum Gasteiger partial charge on any atom is 0.154 e. The van der Waals surface area contributed by atoms with Gasteiger partial charge in [0, 0.05) is 0 Å². The van der Waals surface area contributed by atoms with Crippen molar-refractivity contribution in [3.8, 4) is 11.1 Å². The Morgan fingerprint density at radius 2 is 1.34 bits per heavy atom. The average Bonchev–Trinajstić information content (AvgIpc) is 3.41. The number of hydrogen-bond donors (Lipinski definition) is 0. The van der Waals surface area contributed by atoms with Crippen LogP contribution in [0.2, 0.25) is 0 Å². The SMILES string of the molecule is CCc1cc(-c2ccc(C)cc2)cc(CC)c1C1C(=O)[C@@H]2[C@H](C1=O)[C@H]1CC[C@@H]2O1. The molecular weight excluding hydrogens is 360 g/mol. The molecule has 2 aliphatic heterocycles. The molecule has 5 atom stereocenters. The van der Waals surface area contributed by atoms with Gasteiger partial charge in [0.2, 0.25) is 0 Å². The Bertz CT molecular complexity index is 935. The molecule has 0 N–H and O–H groups in total. The number of benzene rings is 2. The summed E-state index contributed by atoms with van der Waals surface area (Å²) in [7, 11) is 0. The van der Waals surface area contributed by atoms with E-state index in [1.54, 1.807) is 0 Å². The van der Waals surface area contributed by atoms with E-state index in [2.05, 4.69) is 57.2 Å². The van der Waals surface area contributed by atoms with E-state index in [0.29, 0.717) is 0 Å². The zero-order valence-corrected chi connectivity index (χ0v) is 17.4. The molecule has 3 nitrogen and oxygen atoms in total. The summed E-state index contributed by atoms with van der Waals surface area (Å²) in [5.74, 6) is -0.789. The fourth-order valence-electron chi connectivity index (χ4n) is 5.86. The average molecular weight is 389 g/mol. The monoisotopic (exact) mass is 388 g/mol. The van der Waals surface area contributed by atoms with E-state index in [-0.39, 0.29) is 35.6 Å². The van der Waals surface area contributed by atoms with Gasteiger partial charge in [0.25, 0.3) is 0 Å². The normalized spacial score (nSPS) is 30.2. The largest absolute Gasteiger partial charge is 0.373 e. The Labute approximate surface area is 172 Å². The van der Waals surface area contributed by atoms with Gasteiger partial charge >= 0.3 is 0 Å². The Kier molecular flexibility index (Phi) is 4.47. The number of carbonyl (C=O) groups is 2. The molecule has 29 heavy (non-hydrogen) atoms. The van der Waals surface area contributed by atoms with Gasteiger partial charge in [-0.15, -0.1) is 0 Å². The molecule has 2 heterocycles. The number of hydrogen-bond acceptors (Lipinski definition) is 3. The minimum absolute atomic E-state index is 0.0339. The third kappa shape index (κ3) is 2.74. The van der Waals surface area contributed by atoms with Crippen LogP contribution in [0.3, 0.4) is 0 Å². The quantitative estimate of drug-likeness (QED) is 0.706. The van der Waals surface area contributed by atoms with E-state index >= 15 is 0 Å². The van der Waals surface area contributed by atoms with Crippen LogP contribution < -0.4 is 0 Å². The van der Waals surface area contributed by atoms with Crippen molar-refractivity contribution in [2.24, 2.45) is 11.8 Å². The fraction of sp³-hybridized carbons (Fsp3) is 0.462. The van der Waals surface area contributed by atoms with Crippen LogP contribution in [0.25, 0.3) is 11.1 Å². The molecule has 0 spiro atoms. The van der Waals surface area contributed by atoms with Crippen molar-refractivity contribution in [3.63, 3.8) is 0 Å². The summed E-state index contributed by atoms with van der Waals surface area (Å²) in [6.07, 6.45) is 3.41. The highest BCUT2D eigenvalue weighted by atomic mass is 16.5. The van der Waals surface area contributed by atoms with Crippen molar-refractivity contribution in [1.29, 1.82) is 0 Å². The summed E-state index contributed by atoms with van der Waals surface area (Å²) in [6.45, 7) is 6.33. The number of aryl methyl sites for hydroxylation is 3. The predicted molar refractivity (Wildman–Crippen MR) is 113 cm³/mol. The minimum atomic E-state index is -0.589. The molecule has 0 aromatic heterocycles. The van der Waals surface area contributed by atoms with Gasteiger partial charge in [0.15, 0.2) is 11.6 Å². The molecule has 150 valence electrons. The first kappa shape index (κ1) is 18.7. The highest BCUT2D eigenvalue weighted by Gasteiger charge is 2.63. The number of ketones is 2. The van der Waals surface area contributed by atoms with E-state index in [9.17, 15) is 9.59 Å². The summed E-state index contributed by atoms with van der Waals surface area (Å²) in [5, 5.41) is 0. The summed E-state index contributed by atoms with van der Waals surface area (Å²) in [5.41, 5.74) is 6.86. The van der Waals surface area contributed by atoms with Crippen LogP contribution in [0, 0.1) is 18.8 Å². The molecule has 0 radical (unpaired) electrons. The molecule has 2 aromatic rings. The van der Waals surface area contributed by atoms with Crippen molar-refractivity contribution in [1.82, 2.24) is 0 Å². The Balaban J connectivity index is 1.61. The maximum atomic E-state index is 13.4. The fourth-order valence-corrected chi connectivity index (χ4v) is 5.86. The van der Waals surface area contributed by atoms with E-state index in [1.807, 2.05) is 0 Å². The van der Waals surface area contributed by atoms with Gasteiger partial charge in [-0.25, -0.2) is 0 Å². The summed E-state index contributed by atoms with van der Waals surface area (Å²) in [6, 6.07) is 12.9. The van der Waals surface area contributed by atoms with Crippen LogP contribution >= 0.6 is 0 Å². The van der Waals surface area contributed by atoms with Crippen LogP contribution in [0.5, 0.6) is 0 Å². The maximum absolute atomic E-state index is 13.4. The molecule has 1 unspecified atom stereocenters. The summed E-state index contributed by atoms with van der Waals surface area (Å²) in [4.78, 5) is 26.8. The van der Waals surface area contributed by atoms with Gasteiger partial charge < -0.3 is 4.74 Å². The molecule has 1 saturated carbocycles. The van der Waals surface area contributed by atoms with Crippen molar-refractivity contribution in [2.45, 2.75) is 64.6 Å². The lowest BCUT2D eigenvalue weighted by atomic mass is 9.81. The lowest BCUT2D eigenvalue weighted by molar-refractivity contribution is -0.127. The third-order valence-corrected chi connectivity index (χ3v) is 7.29. The van der Waals surface area contributed by atoms with E-state index in [1.165, 1.54) is 16.7 Å². The van der Waals surface area contributed by atoms with Crippen molar-refractivity contribution < 1.29 is 14.3 Å². The number of carbonyl (C=O) groups excluding carboxylic acids is 2. The second kappa shape index (κ2) is 6.91. The first-order valence-electron chi connectivity index (χ1n) is 11.0. The van der Waals surface area contributed by atoms with Crippen LogP contribution in [0.4, 0.5) is 0 Å². The minimum Gasteiger partial charge on any atom is -0.373 e. The number of Topliss-reactive ketones (excluding diaryl/α,β-unsaturated/α-hetero) is 2. The summed E-state index contributed by atoms with van der Waals surface area (Å²) >= 11 is 0. The van der Waals surface area contributed by atoms with Gasteiger partial charge in [0.1, 0.15) is 5.92 Å². The molecule has 2 bridgehead atoms. The van der Waals surface area contributed by atoms with E-state index in [4.69, 9.17) is 4.74 Å². The van der Waals surface area contributed by atoms with Crippen LogP contribution in [-0.4, -0.2) is 23.8 Å². The van der Waals surface area contributed by atoms with Gasteiger partial charge in [0.05, 0.1) is 24.0 Å². The topological polar surface area (TPSA) is 43.4 Å². The third-order valence-electron chi connectivity index (χ3n) is 7.29. The second-order valence-electron chi connectivity index (χ2n) is 8.86. The van der Waals surface area contributed by atoms with E-state index < -0.39 is 5.92 Å². The zero-order chi connectivity index (χ0) is 20.3. The lowest BCUT2D eigenvalue weighted by Gasteiger charge is -2.21. The summed E-state index contributed by atoms with van der Waals surface area (Å²) < 4.78 is 5.92. The van der Waals surface area contributed by atoms with Crippen molar-refractivity contribution in [2.75, 3.05) is 0 Å². The molecule has 0 amide bonds. The van der Waals surface area contributed by atoms with Gasteiger partial charge in [-0.1, -0.05) is 55.8 Å². The Morgan fingerprint density at radius 1 is 0.828 bits per heavy atom. The first-order chi connectivity index (χ1) is 14.0. The van der Waals surface area contributed by atoms with E-state index in [0.717, 1.165) is 42.4 Å². The van der Waals surface area contributed by atoms with Crippen LogP contribution in [0.15, 0.2) is 36.4 Å². The first-order valence-corrected chi connectivity index (χ1v) is 11.0. The standard InChI is InChI=1S/C26H28O3/c1-4-15-12-18(17-8-6-14(3)7-9-17)13-16(5-2)21(15)24-25(27)22-19-10-11-20(29-19)23(22)26(24)28/h6-9,12-13,19-20,22-24H,4-5,10-11H2,1-3H3/t19-,20+,22-,23+,24?. The zero-order valence-electron chi connectivity index (χ0n) is 17.4. The van der Waals surface area contributed by atoms with Gasteiger partial charge in [-0.05, 0) is 60.4 Å². The highest BCUT2D eigenvalue weighted by molar-refractivity contribution is 6.17. The Morgan fingerprint density at radius 3 is 1.83 bits per heavy atom. The number of ether oxygens (including phenoxy) is 1. The molecule has 5 rings (SSSR count). The number of rotatable bonds is 4. The molecule has 2 saturated heterocycles. The molecule has 3 aliphatic rings. The van der Waals surface area contributed by atoms with Crippen LogP contribution in [0.1, 0.15) is 54.9 Å². The molecule has 2 aromatic carbocycles. The highest BCUT2D eigenvalue weighted by Crippen LogP contribution is 2.53. The van der Waals surface area contributed by atoms with Gasteiger partial charge in [-0.2, -0.15) is 0 Å².